The Morgan fingerprint density at radius 1 is 1.45 bits per heavy atom. The molecular weight excluding hydrogens is 328 g/mol. The summed E-state index contributed by atoms with van der Waals surface area (Å²) in [5.41, 5.74) is 0.931. The first-order valence-corrected chi connectivity index (χ1v) is 7.65. The van der Waals surface area contributed by atoms with Crippen LogP contribution < -0.4 is 5.32 Å². The predicted molar refractivity (Wildman–Crippen MR) is 84.6 cm³/mol. The SMILES string of the molecule is CSc1ncc(Cl)c(C(=O)Nc2cc([N+](=O)[O-])ccc2C)n1. The van der Waals surface area contributed by atoms with Gasteiger partial charge in [0.2, 0.25) is 0 Å². The van der Waals surface area contributed by atoms with Crippen LogP contribution in [0.4, 0.5) is 11.4 Å². The van der Waals surface area contributed by atoms with Crippen LogP contribution >= 0.6 is 23.4 Å². The Morgan fingerprint density at radius 3 is 2.82 bits per heavy atom. The summed E-state index contributed by atoms with van der Waals surface area (Å²) >= 11 is 7.21. The van der Waals surface area contributed by atoms with Gasteiger partial charge in [-0.3, -0.25) is 14.9 Å². The van der Waals surface area contributed by atoms with E-state index in [1.54, 1.807) is 19.2 Å². The summed E-state index contributed by atoms with van der Waals surface area (Å²) in [6, 6.07) is 4.22. The zero-order chi connectivity index (χ0) is 16.3. The second-order valence-electron chi connectivity index (χ2n) is 4.26. The van der Waals surface area contributed by atoms with Crippen molar-refractivity contribution in [2.24, 2.45) is 0 Å². The molecule has 0 fully saturated rings. The predicted octanol–water partition coefficient (Wildman–Crippen LogP) is 3.32. The lowest BCUT2D eigenvalue weighted by Gasteiger charge is -2.09. The summed E-state index contributed by atoms with van der Waals surface area (Å²) in [6.07, 6.45) is 3.12. The zero-order valence-corrected chi connectivity index (χ0v) is 13.2. The quantitative estimate of drug-likeness (QED) is 0.397. The number of nitrogens with zero attached hydrogens (tertiary/aromatic N) is 3. The number of hydrogen-bond donors (Lipinski definition) is 1. The van der Waals surface area contributed by atoms with Crippen LogP contribution in [-0.4, -0.2) is 27.1 Å². The lowest BCUT2D eigenvalue weighted by molar-refractivity contribution is -0.384. The summed E-state index contributed by atoms with van der Waals surface area (Å²) < 4.78 is 0. The summed E-state index contributed by atoms with van der Waals surface area (Å²) in [5.74, 6) is -0.550. The van der Waals surface area contributed by atoms with Crippen molar-refractivity contribution in [2.45, 2.75) is 12.1 Å². The molecule has 1 heterocycles. The Kier molecular flexibility index (Phi) is 4.94. The van der Waals surface area contributed by atoms with Gasteiger partial charge in [0.1, 0.15) is 0 Å². The van der Waals surface area contributed by atoms with E-state index < -0.39 is 10.8 Å². The number of non-ortho nitro benzene ring substituents is 1. The topological polar surface area (TPSA) is 98.0 Å². The van der Waals surface area contributed by atoms with Gasteiger partial charge in [-0.25, -0.2) is 9.97 Å². The highest BCUT2D eigenvalue weighted by atomic mass is 35.5. The van der Waals surface area contributed by atoms with E-state index in [4.69, 9.17) is 11.6 Å². The molecule has 1 amide bonds. The van der Waals surface area contributed by atoms with E-state index in [0.29, 0.717) is 16.4 Å². The van der Waals surface area contributed by atoms with Crippen molar-refractivity contribution in [3.63, 3.8) is 0 Å². The third kappa shape index (κ3) is 3.52. The largest absolute Gasteiger partial charge is 0.320 e. The third-order valence-electron chi connectivity index (χ3n) is 2.80. The second kappa shape index (κ2) is 6.71. The lowest BCUT2D eigenvalue weighted by Crippen LogP contribution is -2.16. The highest BCUT2D eigenvalue weighted by molar-refractivity contribution is 7.98. The van der Waals surface area contributed by atoms with E-state index in [0.717, 1.165) is 0 Å². The number of anilines is 1. The molecule has 22 heavy (non-hydrogen) atoms. The molecule has 1 aromatic heterocycles. The number of hydrogen-bond acceptors (Lipinski definition) is 6. The molecule has 0 atom stereocenters. The molecule has 7 nitrogen and oxygen atoms in total. The lowest BCUT2D eigenvalue weighted by atomic mass is 10.1. The fourth-order valence-electron chi connectivity index (χ4n) is 1.65. The van der Waals surface area contributed by atoms with Gasteiger partial charge in [0, 0.05) is 12.1 Å². The summed E-state index contributed by atoms with van der Waals surface area (Å²) in [4.78, 5) is 30.5. The van der Waals surface area contributed by atoms with Crippen molar-refractivity contribution in [3.05, 3.63) is 50.8 Å². The molecule has 0 saturated carbocycles. The molecule has 2 rings (SSSR count). The molecule has 0 bridgehead atoms. The molecule has 2 aromatic rings. The number of rotatable bonds is 4. The number of amides is 1. The molecule has 9 heteroatoms. The molecule has 0 aliphatic carbocycles. The van der Waals surface area contributed by atoms with Gasteiger partial charge < -0.3 is 5.32 Å². The van der Waals surface area contributed by atoms with E-state index in [-0.39, 0.29) is 16.4 Å². The van der Waals surface area contributed by atoms with Crippen molar-refractivity contribution < 1.29 is 9.72 Å². The number of benzene rings is 1. The molecule has 0 unspecified atom stereocenters. The maximum atomic E-state index is 12.3. The number of aromatic nitrogens is 2. The smallest absolute Gasteiger partial charge is 0.275 e. The Morgan fingerprint density at radius 2 is 2.18 bits per heavy atom. The molecule has 0 radical (unpaired) electrons. The van der Waals surface area contributed by atoms with Gasteiger partial charge in [0.15, 0.2) is 10.9 Å². The Bertz CT molecular complexity index is 754. The van der Waals surface area contributed by atoms with Crippen molar-refractivity contribution in [1.82, 2.24) is 9.97 Å². The molecule has 0 aliphatic rings. The molecule has 1 aromatic carbocycles. The summed E-state index contributed by atoms with van der Waals surface area (Å²) in [7, 11) is 0. The van der Waals surface area contributed by atoms with Gasteiger partial charge in [-0.2, -0.15) is 0 Å². The zero-order valence-electron chi connectivity index (χ0n) is 11.7. The number of nitro groups is 1. The molecule has 0 aliphatic heterocycles. The molecule has 0 spiro atoms. The van der Waals surface area contributed by atoms with E-state index in [9.17, 15) is 14.9 Å². The van der Waals surface area contributed by atoms with Gasteiger partial charge >= 0.3 is 0 Å². The van der Waals surface area contributed by atoms with Gasteiger partial charge in [0.25, 0.3) is 11.6 Å². The van der Waals surface area contributed by atoms with Crippen LogP contribution in [0.1, 0.15) is 16.1 Å². The molecule has 0 saturated heterocycles. The average molecular weight is 339 g/mol. The molecular formula is C13H11ClN4O3S. The Labute approximate surface area is 135 Å². The molecule has 1 N–H and O–H groups in total. The van der Waals surface area contributed by atoms with Gasteiger partial charge in [-0.05, 0) is 18.7 Å². The number of nitrogens with one attached hydrogen (secondary N) is 1. The van der Waals surface area contributed by atoms with Crippen LogP contribution in [0, 0.1) is 17.0 Å². The van der Waals surface area contributed by atoms with E-state index in [1.807, 2.05) is 0 Å². The number of halogens is 1. The highest BCUT2D eigenvalue weighted by Crippen LogP contribution is 2.23. The Balaban J connectivity index is 2.33. The van der Waals surface area contributed by atoms with Gasteiger partial charge in [-0.1, -0.05) is 29.4 Å². The second-order valence-corrected chi connectivity index (χ2v) is 5.44. The van der Waals surface area contributed by atoms with Crippen LogP contribution in [0.25, 0.3) is 0 Å². The van der Waals surface area contributed by atoms with Crippen LogP contribution in [-0.2, 0) is 0 Å². The minimum atomic E-state index is -0.550. The van der Waals surface area contributed by atoms with Gasteiger partial charge in [-0.15, -0.1) is 0 Å². The number of aryl methyl sites for hydroxylation is 1. The monoisotopic (exact) mass is 338 g/mol. The van der Waals surface area contributed by atoms with E-state index >= 15 is 0 Å². The van der Waals surface area contributed by atoms with E-state index in [2.05, 4.69) is 15.3 Å². The minimum Gasteiger partial charge on any atom is -0.320 e. The average Bonchev–Trinajstić information content (AvgIpc) is 2.49. The van der Waals surface area contributed by atoms with Crippen molar-refractivity contribution in [3.8, 4) is 0 Å². The first-order valence-electron chi connectivity index (χ1n) is 6.05. The first-order chi connectivity index (χ1) is 10.4. The minimum absolute atomic E-state index is 0.0203. The molecule has 114 valence electrons. The number of nitro benzene ring substituents is 1. The van der Waals surface area contributed by atoms with Crippen LogP contribution in [0.2, 0.25) is 5.02 Å². The van der Waals surface area contributed by atoms with Crippen molar-refractivity contribution in [2.75, 3.05) is 11.6 Å². The van der Waals surface area contributed by atoms with Crippen LogP contribution in [0.15, 0.2) is 29.6 Å². The van der Waals surface area contributed by atoms with Crippen LogP contribution in [0.5, 0.6) is 0 Å². The standard InChI is InChI=1S/C13H11ClN4O3S/c1-7-3-4-8(18(20)21)5-10(7)16-12(19)11-9(14)6-15-13(17-11)22-2/h3-6H,1-2H3,(H,16,19). The third-order valence-corrected chi connectivity index (χ3v) is 3.64. The maximum absolute atomic E-state index is 12.3. The Hall–Kier alpha value is -2.19. The summed E-state index contributed by atoms with van der Waals surface area (Å²) in [5, 5.41) is 13.9. The number of thioether (sulfide) groups is 1. The maximum Gasteiger partial charge on any atom is 0.275 e. The summed E-state index contributed by atoms with van der Waals surface area (Å²) in [6.45, 7) is 1.73. The van der Waals surface area contributed by atoms with Gasteiger partial charge in [0.05, 0.1) is 21.8 Å². The number of carbonyl (C=O) groups is 1. The van der Waals surface area contributed by atoms with E-state index in [1.165, 1.54) is 30.1 Å². The number of carbonyl (C=O) groups excluding carboxylic acids is 1. The first kappa shape index (κ1) is 16.2. The van der Waals surface area contributed by atoms with Crippen molar-refractivity contribution in [1.29, 1.82) is 0 Å². The fourth-order valence-corrected chi connectivity index (χ4v) is 2.17. The fraction of sp³-hybridized carbons (Fsp3) is 0.154. The van der Waals surface area contributed by atoms with Crippen molar-refractivity contribution >= 4 is 40.6 Å². The normalized spacial score (nSPS) is 10.3. The van der Waals surface area contributed by atoms with Crippen LogP contribution in [0.3, 0.4) is 0 Å². The highest BCUT2D eigenvalue weighted by Gasteiger charge is 2.17.